The summed E-state index contributed by atoms with van der Waals surface area (Å²) in [6.45, 7) is 2.82. The second kappa shape index (κ2) is 7.84. The largest absolute Gasteiger partial charge is 0.347 e. The summed E-state index contributed by atoms with van der Waals surface area (Å²) < 4.78 is 1.81. The fraction of sp³-hybridized carbons (Fsp3) is 0.333. The molecule has 2 aliphatic rings. The van der Waals surface area contributed by atoms with Crippen LogP contribution in [-0.4, -0.2) is 39.7 Å². The molecule has 2 aromatic carbocycles. The van der Waals surface area contributed by atoms with E-state index in [-0.39, 0.29) is 11.9 Å². The predicted octanol–water partition coefficient (Wildman–Crippen LogP) is 3.75. The summed E-state index contributed by atoms with van der Waals surface area (Å²) in [5, 5.41) is 8.01. The van der Waals surface area contributed by atoms with Crippen molar-refractivity contribution >= 4 is 5.91 Å². The van der Waals surface area contributed by atoms with E-state index in [1.165, 1.54) is 18.4 Å². The zero-order valence-electron chi connectivity index (χ0n) is 16.5. The van der Waals surface area contributed by atoms with E-state index in [0.717, 1.165) is 37.4 Å². The van der Waals surface area contributed by atoms with Crippen molar-refractivity contribution in [3.63, 3.8) is 0 Å². The van der Waals surface area contributed by atoms with E-state index in [1.807, 2.05) is 42.5 Å². The minimum Gasteiger partial charge on any atom is -0.347 e. The molecule has 1 atom stereocenters. The molecule has 1 N–H and O–H groups in total. The van der Waals surface area contributed by atoms with Crippen molar-refractivity contribution in [2.24, 2.45) is 0 Å². The number of amides is 1. The Balaban J connectivity index is 1.29. The second-order valence-electron chi connectivity index (χ2n) is 8.16. The number of carbonyl (C=O) groups excluding carboxylic acids is 1. The van der Waals surface area contributed by atoms with Crippen LogP contribution in [0, 0.1) is 0 Å². The van der Waals surface area contributed by atoms with Crippen molar-refractivity contribution in [3.05, 3.63) is 83.7 Å². The van der Waals surface area contributed by atoms with Crippen molar-refractivity contribution in [2.75, 3.05) is 13.1 Å². The molecule has 5 nitrogen and oxygen atoms in total. The van der Waals surface area contributed by atoms with Crippen LogP contribution in [0.25, 0.3) is 5.69 Å². The van der Waals surface area contributed by atoms with Gasteiger partial charge < -0.3 is 5.32 Å². The lowest BCUT2D eigenvalue weighted by molar-refractivity contribution is 0.0929. The third-order valence-corrected chi connectivity index (χ3v) is 5.81. The number of aromatic nitrogens is 2. The number of carbonyl (C=O) groups is 1. The first-order valence-electron chi connectivity index (χ1n) is 10.5. The first-order valence-corrected chi connectivity index (χ1v) is 10.5. The molecule has 5 heteroatoms. The lowest BCUT2D eigenvalue weighted by Gasteiger charge is -2.17. The molecular weight excluding hydrogens is 360 g/mol. The third kappa shape index (κ3) is 4.10. The van der Waals surface area contributed by atoms with Gasteiger partial charge >= 0.3 is 0 Å². The maximum Gasteiger partial charge on any atom is 0.270 e. The van der Waals surface area contributed by atoms with Gasteiger partial charge in [0.25, 0.3) is 5.91 Å². The summed E-state index contributed by atoms with van der Waals surface area (Å²) in [7, 11) is 0. The fourth-order valence-electron chi connectivity index (χ4n) is 4.10. The van der Waals surface area contributed by atoms with Gasteiger partial charge in [-0.2, -0.15) is 5.10 Å². The van der Waals surface area contributed by atoms with E-state index >= 15 is 0 Å². The average Bonchev–Trinajstić information content (AvgIpc) is 3.36. The van der Waals surface area contributed by atoms with Gasteiger partial charge in [-0.3, -0.25) is 9.69 Å². The lowest BCUT2D eigenvalue weighted by Crippen LogP contribution is -2.37. The highest BCUT2D eigenvalue weighted by molar-refractivity contribution is 5.93. The van der Waals surface area contributed by atoms with Crippen LogP contribution >= 0.6 is 0 Å². The summed E-state index contributed by atoms with van der Waals surface area (Å²) in [5.41, 5.74) is 3.92. The van der Waals surface area contributed by atoms with Gasteiger partial charge in [-0.1, -0.05) is 48.5 Å². The quantitative estimate of drug-likeness (QED) is 0.702. The van der Waals surface area contributed by atoms with Crippen molar-refractivity contribution in [1.29, 1.82) is 0 Å². The van der Waals surface area contributed by atoms with Crippen LogP contribution in [0.15, 0.2) is 66.7 Å². The normalized spacial score (nSPS) is 19.4. The summed E-state index contributed by atoms with van der Waals surface area (Å²) in [5.74, 6) is 0.485. The van der Waals surface area contributed by atoms with E-state index in [0.29, 0.717) is 11.6 Å². The van der Waals surface area contributed by atoms with E-state index in [2.05, 4.69) is 34.5 Å². The van der Waals surface area contributed by atoms with Crippen LogP contribution in [0.1, 0.15) is 46.9 Å². The minimum atomic E-state index is -0.0279. The molecule has 148 valence electrons. The smallest absolute Gasteiger partial charge is 0.270 e. The zero-order chi connectivity index (χ0) is 19.6. The minimum absolute atomic E-state index is 0.0279. The Bertz CT molecular complexity index is 979. The number of nitrogens with one attached hydrogen (secondary N) is 1. The molecule has 1 saturated heterocycles. The van der Waals surface area contributed by atoms with E-state index in [1.54, 1.807) is 4.68 Å². The van der Waals surface area contributed by atoms with Gasteiger partial charge in [0, 0.05) is 31.6 Å². The van der Waals surface area contributed by atoms with Crippen LogP contribution < -0.4 is 5.32 Å². The highest BCUT2D eigenvalue weighted by Gasteiger charge is 2.30. The van der Waals surface area contributed by atoms with E-state index in [9.17, 15) is 4.79 Å². The Kier molecular flexibility index (Phi) is 4.90. The van der Waals surface area contributed by atoms with Gasteiger partial charge in [-0.25, -0.2) is 4.68 Å². The molecule has 0 radical (unpaired) electrons. The number of hydrogen-bond donors (Lipinski definition) is 1. The van der Waals surface area contributed by atoms with Gasteiger partial charge in [0.05, 0.1) is 11.4 Å². The summed E-state index contributed by atoms with van der Waals surface area (Å²) in [4.78, 5) is 15.5. The molecule has 1 amide bonds. The van der Waals surface area contributed by atoms with E-state index < -0.39 is 0 Å². The number of para-hydroxylation sites is 1. The van der Waals surface area contributed by atoms with Crippen LogP contribution in [0.2, 0.25) is 0 Å². The molecular formula is C24H26N4O. The first kappa shape index (κ1) is 18.1. The monoisotopic (exact) mass is 386 g/mol. The van der Waals surface area contributed by atoms with Crippen molar-refractivity contribution in [3.8, 4) is 5.69 Å². The predicted molar refractivity (Wildman–Crippen MR) is 113 cm³/mol. The van der Waals surface area contributed by atoms with Crippen LogP contribution in [0.5, 0.6) is 0 Å². The van der Waals surface area contributed by atoms with Crippen molar-refractivity contribution in [1.82, 2.24) is 20.0 Å². The molecule has 1 aliphatic heterocycles. The number of hydrogen-bond acceptors (Lipinski definition) is 3. The van der Waals surface area contributed by atoms with Gasteiger partial charge in [0.15, 0.2) is 0 Å². The van der Waals surface area contributed by atoms with Crippen LogP contribution in [0.3, 0.4) is 0 Å². The van der Waals surface area contributed by atoms with Gasteiger partial charge in [-0.15, -0.1) is 0 Å². The molecule has 2 fully saturated rings. The summed E-state index contributed by atoms with van der Waals surface area (Å²) in [6.07, 6.45) is 3.32. The Morgan fingerprint density at radius 3 is 2.45 bits per heavy atom. The second-order valence-corrected chi connectivity index (χ2v) is 8.16. The van der Waals surface area contributed by atoms with Crippen LogP contribution in [-0.2, 0) is 6.54 Å². The van der Waals surface area contributed by atoms with Crippen molar-refractivity contribution in [2.45, 2.75) is 37.8 Å². The number of rotatable bonds is 6. The van der Waals surface area contributed by atoms with Gasteiger partial charge in [0.1, 0.15) is 5.69 Å². The average molecular weight is 386 g/mol. The molecule has 0 spiro atoms. The molecule has 1 unspecified atom stereocenters. The molecule has 2 heterocycles. The number of nitrogens with zero attached hydrogens (tertiary/aromatic N) is 3. The van der Waals surface area contributed by atoms with Gasteiger partial charge in [0.2, 0.25) is 0 Å². The number of benzene rings is 2. The molecule has 3 aromatic rings. The Hall–Kier alpha value is -2.92. The topological polar surface area (TPSA) is 50.2 Å². The van der Waals surface area contributed by atoms with Gasteiger partial charge in [-0.05, 0) is 43.0 Å². The van der Waals surface area contributed by atoms with Crippen molar-refractivity contribution < 1.29 is 4.79 Å². The third-order valence-electron chi connectivity index (χ3n) is 5.81. The molecule has 1 saturated carbocycles. The Morgan fingerprint density at radius 1 is 1.00 bits per heavy atom. The Morgan fingerprint density at radius 2 is 1.72 bits per heavy atom. The zero-order valence-corrected chi connectivity index (χ0v) is 16.5. The standard InChI is InChI=1S/C24H26N4O/c29-24(25-20-13-14-27(17-20)16-18-7-3-1-4-8-18)23-15-22(19-11-12-19)26-28(23)21-9-5-2-6-10-21/h1-10,15,19-20H,11-14,16-17H2,(H,25,29). The van der Waals surface area contributed by atoms with Crippen LogP contribution in [0.4, 0.5) is 0 Å². The summed E-state index contributed by atoms with van der Waals surface area (Å²) >= 11 is 0. The Labute approximate surface area is 171 Å². The van der Waals surface area contributed by atoms with E-state index in [4.69, 9.17) is 5.10 Å². The number of likely N-dealkylation sites (tertiary alicyclic amines) is 1. The maximum absolute atomic E-state index is 13.1. The molecule has 5 rings (SSSR count). The maximum atomic E-state index is 13.1. The highest BCUT2D eigenvalue weighted by Crippen LogP contribution is 2.39. The lowest BCUT2D eigenvalue weighted by atomic mass is 10.2. The SMILES string of the molecule is O=C(NC1CCN(Cc2ccccc2)C1)c1cc(C2CC2)nn1-c1ccccc1. The molecule has 1 aromatic heterocycles. The summed E-state index contributed by atoms with van der Waals surface area (Å²) in [6, 6.07) is 22.6. The fourth-order valence-corrected chi connectivity index (χ4v) is 4.10. The highest BCUT2D eigenvalue weighted by atomic mass is 16.2. The molecule has 0 bridgehead atoms. The first-order chi connectivity index (χ1) is 14.3. The molecule has 1 aliphatic carbocycles. The molecule has 29 heavy (non-hydrogen) atoms.